The first-order valence-corrected chi connectivity index (χ1v) is 8.87. The Labute approximate surface area is 116 Å². The van der Waals surface area contributed by atoms with Crippen molar-refractivity contribution in [3.63, 3.8) is 0 Å². The molecule has 19 heavy (non-hydrogen) atoms. The van der Waals surface area contributed by atoms with Crippen molar-refractivity contribution in [3.05, 3.63) is 23.2 Å². The van der Waals surface area contributed by atoms with Crippen molar-refractivity contribution in [3.8, 4) is 0 Å². The zero-order valence-electron chi connectivity index (χ0n) is 12.3. The van der Waals surface area contributed by atoms with Gasteiger partial charge in [0.1, 0.15) is 21.4 Å². The number of nitrogens with one attached hydrogen (secondary N) is 1. The van der Waals surface area contributed by atoms with Gasteiger partial charge in [0, 0.05) is 23.6 Å². The minimum absolute atomic E-state index is 0.180. The predicted octanol–water partition coefficient (Wildman–Crippen LogP) is 2.76. The van der Waals surface area contributed by atoms with Gasteiger partial charge < -0.3 is 9.73 Å². The van der Waals surface area contributed by atoms with Crippen molar-refractivity contribution in [2.75, 3.05) is 18.6 Å². The van der Waals surface area contributed by atoms with Crippen molar-refractivity contribution in [1.82, 2.24) is 5.32 Å². The molecule has 1 rings (SSSR count). The quantitative estimate of drug-likeness (QED) is 0.798. The molecule has 0 spiro atoms. The number of furan rings is 1. The molecule has 0 aliphatic carbocycles. The van der Waals surface area contributed by atoms with Gasteiger partial charge in [-0.3, -0.25) is 0 Å². The van der Waals surface area contributed by atoms with Crippen LogP contribution >= 0.6 is 0 Å². The van der Waals surface area contributed by atoms with Crippen molar-refractivity contribution in [2.24, 2.45) is 0 Å². The normalized spacial score (nSPS) is 13.7. The molecule has 5 heteroatoms. The van der Waals surface area contributed by atoms with Crippen LogP contribution in [0.2, 0.25) is 0 Å². The fourth-order valence-electron chi connectivity index (χ4n) is 2.23. The Morgan fingerprint density at radius 2 is 2.05 bits per heavy atom. The Hall–Kier alpha value is -0.810. The number of rotatable bonds is 8. The van der Waals surface area contributed by atoms with Gasteiger partial charge in [-0.1, -0.05) is 6.92 Å². The summed E-state index contributed by atoms with van der Waals surface area (Å²) in [6.45, 7) is 6.94. The first-order chi connectivity index (χ1) is 8.83. The second-order valence-electron chi connectivity index (χ2n) is 5.15. The maximum Gasteiger partial charge on any atom is 0.147 e. The first kappa shape index (κ1) is 16.2. The van der Waals surface area contributed by atoms with Crippen LogP contribution in [0.5, 0.6) is 0 Å². The van der Waals surface area contributed by atoms with Gasteiger partial charge in [-0.15, -0.1) is 0 Å². The molecule has 0 aliphatic rings. The highest BCUT2D eigenvalue weighted by Gasteiger charge is 2.17. The summed E-state index contributed by atoms with van der Waals surface area (Å²) in [5, 5.41) is 3.47. The van der Waals surface area contributed by atoms with E-state index in [0.717, 1.165) is 36.5 Å². The van der Waals surface area contributed by atoms with Crippen molar-refractivity contribution in [2.45, 2.75) is 46.1 Å². The highest BCUT2D eigenvalue weighted by atomic mass is 32.2. The summed E-state index contributed by atoms with van der Waals surface area (Å²) >= 11 is 0. The van der Waals surface area contributed by atoms with Gasteiger partial charge in [-0.05, 0) is 45.7 Å². The number of hydrogen-bond acceptors (Lipinski definition) is 4. The Bertz CT molecular complexity index is 491. The molecule has 1 heterocycles. The molecular formula is C14H25NO3S. The molecule has 0 saturated heterocycles. The molecule has 1 atom stereocenters. The summed E-state index contributed by atoms with van der Waals surface area (Å²) in [6, 6.07) is 2.22. The molecule has 1 N–H and O–H groups in total. The summed E-state index contributed by atoms with van der Waals surface area (Å²) in [6.07, 6.45) is 3.82. The standard InChI is InChI=1S/C14H25NO3S/c1-5-8-15-14(7-6-9-19(4,16)17)13-10-11(2)18-12(13)3/h10,14-15H,5-9H2,1-4H3. The van der Waals surface area contributed by atoms with Crippen molar-refractivity contribution in [1.29, 1.82) is 0 Å². The van der Waals surface area contributed by atoms with Gasteiger partial charge in [0.05, 0.1) is 0 Å². The lowest BCUT2D eigenvalue weighted by molar-refractivity contribution is 0.465. The molecular weight excluding hydrogens is 262 g/mol. The van der Waals surface area contributed by atoms with Crippen LogP contribution in [0.15, 0.2) is 10.5 Å². The van der Waals surface area contributed by atoms with E-state index in [9.17, 15) is 8.42 Å². The number of aryl methyl sites for hydroxylation is 2. The van der Waals surface area contributed by atoms with E-state index in [1.807, 2.05) is 19.9 Å². The SMILES string of the molecule is CCCNC(CCCS(C)(=O)=O)c1cc(C)oc1C. The van der Waals surface area contributed by atoms with E-state index >= 15 is 0 Å². The van der Waals surface area contributed by atoms with E-state index < -0.39 is 9.84 Å². The molecule has 0 fully saturated rings. The monoisotopic (exact) mass is 287 g/mol. The summed E-state index contributed by atoms with van der Waals surface area (Å²) in [4.78, 5) is 0. The van der Waals surface area contributed by atoms with Gasteiger partial charge in [0.15, 0.2) is 0 Å². The lowest BCUT2D eigenvalue weighted by Gasteiger charge is -2.17. The van der Waals surface area contributed by atoms with Gasteiger partial charge in [-0.25, -0.2) is 8.42 Å². The number of sulfone groups is 1. The van der Waals surface area contributed by atoms with Crippen LogP contribution in [-0.2, 0) is 9.84 Å². The second-order valence-corrected chi connectivity index (χ2v) is 7.41. The molecule has 1 aromatic rings. The van der Waals surface area contributed by atoms with E-state index in [-0.39, 0.29) is 11.8 Å². The maximum atomic E-state index is 11.2. The smallest absolute Gasteiger partial charge is 0.147 e. The minimum atomic E-state index is -2.88. The van der Waals surface area contributed by atoms with Gasteiger partial charge in [0.25, 0.3) is 0 Å². The molecule has 1 aromatic heterocycles. The van der Waals surface area contributed by atoms with Gasteiger partial charge in [0.2, 0.25) is 0 Å². The minimum Gasteiger partial charge on any atom is -0.466 e. The summed E-state index contributed by atoms with van der Waals surface area (Å²) in [5.74, 6) is 2.07. The highest BCUT2D eigenvalue weighted by molar-refractivity contribution is 7.90. The van der Waals surface area contributed by atoms with Crippen LogP contribution in [0, 0.1) is 13.8 Å². The van der Waals surface area contributed by atoms with Crippen LogP contribution < -0.4 is 5.32 Å². The molecule has 0 amide bonds. The lowest BCUT2D eigenvalue weighted by Crippen LogP contribution is -2.23. The van der Waals surface area contributed by atoms with Crippen LogP contribution in [-0.4, -0.2) is 27.0 Å². The van der Waals surface area contributed by atoms with Crippen LogP contribution in [0.1, 0.15) is 49.3 Å². The second kappa shape index (κ2) is 7.10. The molecule has 110 valence electrons. The number of hydrogen-bond donors (Lipinski definition) is 1. The fraction of sp³-hybridized carbons (Fsp3) is 0.714. The van der Waals surface area contributed by atoms with E-state index in [0.29, 0.717) is 6.42 Å². The van der Waals surface area contributed by atoms with Crippen LogP contribution in [0.3, 0.4) is 0 Å². The molecule has 0 bridgehead atoms. The average molecular weight is 287 g/mol. The maximum absolute atomic E-state index is 11.2. The Balaban J connectivity index is 2.69. The summed E-state index contributed by atoms with van der Waals surface area (Å²) in [5.41, 5.74) is 1.15. The Morgan fingerprint density at radius 3 is 2.53 bits per heavy atom. The Morgan fingerprint density at radius 1 is 1.37 bits per heavy atom. The zero-order valence-corrected chi connectivity index (χ0v) is 13.1. The zero-order chi connectivity index (χ0) is 14.5. The molecule has 1 unspecified atom stereocenters. The molecule has 0 radical (unpaired) electrons. The summed E-state index contributed by atoms with van der Waals surface area (Å²) < 4.78 is 28.0. The Kier molecular flexibility index (Phi) is 6.07. The van der Waals surface area contributed by atoms with Crippen molar-refractivity contribution < 1.29 is 12.8 Å². The van der Waals surface area contributed by atoms with Gasteiger partial charge >= 0.3 is 0 Å². The van der Waals surface area contributed by atoms with E-state index in [1.54, 1.807) is 0 Å². The van der Waals surface area contributed by atoms with E-state index in [4.69, 9.17) is 4.42 Å². The lowest BCUT2D eigenvalue weighted by atomic mass is 10.0. The van der Waals surface area contributed by atoms with Crippen LogP contribution in [0.25, 0.3) is 0 Å². The van der Waals surface area contributed by atoms with E-state index in [1.165, 1.54) is 6.26 Å². The third-order valence-electron chi connectivity index (χ3n) is 3.10. The predicted molar refractivity (Wildman–Crippen MR) is 78.2 cm³/mol. The van der Waals surface area contributed by atoms with Crippen LogP contribution in [0.4, 0.5) is 0 Å². The molecule has 0 aliphatic heterocycles. The largest absolute Gasteiger partial charge is 0.466 e. The first-order valence-electron chi connectivity index (χ1n) is 6.81. The summed E-state index contributed by atoms with van der Waals surface area (Å²) in [7, 11) is -2.88. The third-order valence-corrected chi connectivity index (χ3v) is 4.13. The third kappa shape index (κ3) is 5.78. The van der Waals surface area contributed by atoms with Gasteiger partial charge in [-0.2, -0.15) is 0 Å². The average Bonchev–Trinajstić information content (AvgIpc) is 2.61. The topological polar surface area (TPSA) is 59.3 Å². The highest BCUT2D eigenvalue weighted by Crippen LogP contribution is 2.25. The molecule has 0 saturated carbocycles. The van der Waals surface area contributed by atoms with E-state index in [2.05, 4.69) is 12.2 Å². The molecule has 4 nitrogen and oxygen atoms in total. The van der Waals surface area contributed by atoms with Crippen molar-refractivity contribution >= 4 is 9.84 Å². The fourth-order valence-corrected chi connectivity index (χ4v) is 2.92. The molecule has 0 aromatic carbocycles.